The van der Waals surface area contributed by atoms with Gasteiger partial charge in [-0.1, -0.05) is 39.7 Å². The van der Waals surface area contributed by atoms with E-state index in [0.717, 1.165) is 15.6 Å². The lowest BCUT2D eigenvalue weighted by molar-refractivity contribution is 0.306. The molecule has 0 aromatic heterocycles. The summed E-state index contributed by atoms with van der Waals surface area (Å²) in [5.41, 5.74) is 12.2. The molecule has 0 aliphatic heterocycles. The summed E-state index contributed by atoms with van der Waals surface area (Å²) in [6.07, 6.45) is 1.53. The van der Waals surface area contributed by atoms with E-state index in [4.69, 9.17) is 27.8 Å². The number of hydrogen-bond donors (Lipinski definition) is 2. The van der Waals surface area contributed by atoms with Gasteiger partial charge in [-0.05, 0) is 35.9 Å². The topological polar surface area (TPSA) is 86.0 Å². The van der Waals surface area contributed by atoms with Gasteiger partial charge in [0.1, 0.15) is 12.4 Å². The molecule has 0 aliphatic carbocycles. The highest BCUT2D eigenvalue weighted by atomic mass is 79.9. The second kappa shape index (κ2) is 7.82. The smallest absolute Gasteiger partial charge is 0.211 e. The third kappa shape index (κ3) is 5.05. The first kappa shape index (κ1) is 16.3. The van der Waals surface area contributed by atoms with Crippen molar-refractivity contribution in [2.24, 2.45) is 21.7 Å². The predicted molar refractivity (Wildman–Crippen MR) is 93.3 cm³/mol. The van der Waals surface area contributed by atoms with E-state index < -0.39 is 0 Å². The van der Waals surface area contributed by atoms with E-state index in [2.05, 4.69) is 26.1 Å². The van der Waals surface area contributed by atoms with Crippen LogP contribution in [0.25, 0.3) is 0 Å². The number of rotatable bonds is 5. The van der Waals surface area contributed by atoms with Crippen molar-refractivity contribution < 1.29 is 4.74 Å². The molecule has 5 nitrogen and oxygen atoms in total. The molecule has 114 valence electrons. The van der Waals surface area contributed by atoms with Crippen LogP contribution in [0, 0.1) is 0 Å². The van der Waals surface area contributed by atoms with Crippen LogP contribution >= 0.6 is 27.5 Å². The Morgan fingerprint density at radius 3 is 2.59 bits per heavy atom. The minimum atomic E-state index is -0.102. The van der Waals surface area contributed by atoms with Crippen LogP contribution in [0.3, 0.4) is 0 Å². The van der Waals surface area contributed by atoms with Crippen LogP contribution in [0.4, 0.5) is 0 Å². The summed E-state index contributed by atoms with van der Waals surface area (Å²) in [5, 5.41) is 8.07. The van der Waals surface area contributed by atoms with Gasteiger partial charge in [0.15, 0.2) is 0 Å². The maximum atomic E-state index is 5.86. The lowest BCUT2D eigenvalue weighted by Crippen LogP contribution is -2.21. The highest BCUT2D eigenvalue weighted by Crippen LogP contribution is 2.23. The number of nitrogens with zero attached hydrogens (tertiary/aromatic N) is 2. The number of guanidine groups is 1. The molecule has 0 spiro atoms. The Labute approximate surface area is 141 Å². The monoisotopic (exact) mass is 380 g/mol. The maximum Gasteiger partial charge on any atom is 0.211 e. The summed E-state index contributed by atoms with van der Waals surface area (Å²) in [5.74, 6) is 0.572. The SMILES string of the molecule is NC(N)=N/N=C/c1cc(Br)ccc1OCc1ccc(Cl)cc1. The average molecular weight is 382 g/mol. The summed E-state index contributed by atoms with van der Waals surface area (Å²) in [4.78, 5) is 0. The molecule has 0 amide bonds. The van der Waals surface area contributed by atoms with Gasteiger partial charge in [-0.15, -0.1) is 5.10 Å². The van der Waals surface area contributed by atoms with Crippen LogP contribution in [0.2, 0.25) is 5.02 Å². The second-order valence-electron chi connectivity index (χ2n) is 4.37. The minimum Gasteiger partial charge on any atom is -0.488 e. The maximum absolute atomic E-state index is 5.86. The first-order chi connectivity index (χ1) is 10.5. The largest absolute Gasteiger partial charge is 0.488 e. The van der Waals surface area contributed by atoms with Gasteiger partial charge in [-0.3, -0.25) is 0 Å². The number of nitrogens with two attached hydrogens (primary N) is 2. The summed E-state index contributed by atoms with van der Waals surface area (Å²) in [6, 6.07) is 13.1. The van der Waals surface area contributed by atoms with E-state index in [1.807, 2.05) is 42.5 Å². The van der Waals surface area contributed by atoms with Crippen LogP contribution in [0.15, 0.2) is 57.1 Å². The first-order valence-corrected chi connectivity index (χ1v) is 7.50. The van der Waals surface area contributed by atoms with Crippen LogP contribution in [0.1, 0.15) is 11.1 Å². The van der Waals surface area contributed by atoms with Crippen LogP contribution in [0.5, 0.6) is 5.75 Å². The van der Waals surface area contributed by atoms with Crippen molar-refractivity contribution in [3.63, 3.8) is 0 Å². The van der Waals surface area contributed by atoms with Gasteiger partial charge in [0.05, 0.1) is 6.21 Å². The number of hydrogen-bond acceptors (Lipinski definition) is 3. The normalized spacial score (nSPS) is 10.6. The van der Waals surface area contributed by atoms with Crippen LogP contribution in [-0.2, 0) is 6.61 Å². The van der Waals surface area contributed by atoms with Crippen LogP contribution in [-0.4, -0.2) is 12.2 Å². The van der Waals surface area contributed by atoms with Gasteiger partial charge in [0, 0.05) is 15.1 Å². The Morgan fingerprint density at radius 2 is 1.91 bits per heavy atom. The van der Waals surface area contributed by atoms with Crippen molar-refractivity contribution in [3.8, 4) is 5.75 Å². The molecule has 0 fully saturated rings. The molecule has 22 heavy (non-hydrogen) atoms. The number of halogens is 2. The molecule has 2 rings (SSSR count). The molecule has 0 saturated heterocycles. The molecule has 0 aliphatic rings. The molecule has 0 saturated carbocycles. The van der Waals surface area contributed by atoms with Gasteiger partial charge in [0.2, 0.25) is 5.96 Å². The first-order valence-electron chi connectivity index (χ1n) is 6.33. The summed E-state index contributed by atoms with van der Waals surface area (Å²) in [7, 11) is 0. The van der Waals surface area contributed by atoms with Crippen molar-refractivity contribution in [1.29, 1.82) is 0 Å². The van der Waals surface area contributed by atoms with Crippen molar-refractivity contribution in [1.82, 2.24) is 0 Å². The molecule has 0 atom stereocenters. The molecular formula is C15H14BrClN4O. The summed E-state index contributed by atoms with van der Waals surface area (Å²) < 4.78 is 6.71. The molecule has 0 radical (unpaired) electrons. The van der Waals surface area contributed by atoms with E-state index in [-0.39, 0.29) is 5.96 Å². The highest BCUT2D eigenvalue weighted by Gasteiger charge is 2.04. The fourth-order valence-corrected chi connectivity index (χ4v) is 2.16. The molecule has 0 unspecified atom stereocenters. The molecule has 2 aromatic carbocycles. The molecular weight excluding hydrogens is 368 g/mol. The summed E-state index contributed by atoms with van der Waals surface area (Å²) in [6.45, 7) is 0.419. The van der Waals surface area contributed by atoms with Crippen molar-refractivity contribution >= 4 is 39.7 Å². The van der Waals surface area contributed by atoms with Gasteiger partial charge >= 0.3 is 0 Å². The van der Waals surface area contributed by atoms with Crippen molar-refractivity contribution in [2.75, 3.05) is 0 Å². The zero-order valence-electron chi connectivity index (χ0n) is 11.5. The Bertz CT molecular complexity index is 697. The predicted octanol–water partition coefficient (Wildman–Crippen LogP) is 3.29. The third-order valence-corrected chi connectivity index (χ3v) is 3.39. The average Bonchev–Trinajstić information content (AvgIpc) is 2.48. The number of benzene rings is 2. The molecule has 7 heteroatoms. The molecule has 2 aromatic rings. The van der Waals surface area contributed by atoms with E-state index in [1.54, 1.807) is 0 Å². The fourth-order valence-electron chi connectivity index (χ4n) is 1.65. The minimum absolute atomic E-state index is 0.102. The lowest BCUT2D eigenvalue weighted by Gasteiger charge is -2.09. The highest BCUT2D eigenvalue weighted by molar-refractivity contribution is 9.10. The van der Waals surface area contributed by atoms with E-state index in [1.165, 1.54) is 6.21 Å². The van der Waals surface area contributed by atoms with Gasteiger partial charge in [-0.25, -0.2) is 0 Å². The molecule has 0 heterocycles. The zero-order valence-corrected chi connectivity index (χ0v) is 13.9. The Morgan fingerprint density at radius 1 is 1.18 bits per heavy atom. The Kier molecular flexibility index (Phi) is 5.80. The van der Waals surface area contributed by atoms with Gasteiger partial charge < -0.3 is 16.2 Å². The zero-order chi connectivity index (χ0) is 15.9. The van der Waals surface area contributed by atoms with E-state index in [0.29, 0.717) is 17.4 Å². The van der Waals surface area contributed by atoms with E-state index in [9.17, 15) is 0 Å². The Balaban J connectivity index is 2.14. The van der Waals surface area contributed by atoms with Gasteiger partial charge in [0.25, 0.3) is 0 Å². The Hall–Kier alpha value is -2.05. The van der Waals surface area contributed by atoms with E-state index >= 15 is 0 Å². The lowest BCUT2D eigenvalue weighted by atomic mass is 10.2. The van der Waals surface area contributed by atoms with Crippen molar-refractivity contribution in [3.05, 3.63) is 63.1 Å². The second-order valence-corrected chi connectivity index (χ2v) is 5.72. The fraction of sp³-hybridized carbons (Fsp3) is 0.0667. The van der Waals surface area contributed by atoms with Gasteiger partial charge in [-0.2, -0.15) is 5.10 Å². The van der Waals surface area contributed by atoms with Crippen LogP contribution < -0.4 is 16.2 Å². The standard InChI is InChI=1S/C15H14BrClN4O/c16-12-3-6-14(11(7-12)8-20-21-15(18)19)22-9-10-1-4-13(17)5-2-10/h1-8H,9H2,(H4,18,19,21)/b20-8+. The summed E-state index contributed by atoms with van der Waals surface area (Å²) >= 11 is 9.26. The molecule has 4 N–H and O–H groups in total. The number of ether oxygens (including phenoxy) is 1. The quantitative estimate of drug-likeness (QED) is 0.473. The van der Waals surface area contributed by atoms with Crippen molar-refractivity contribution in [2.45, 2.75) is 6.61 Å². The molecule has 0 bridgehead atoms. The third-order valence-electron chi connectivity index (χ3n) is 2.65.